The van der Waals surface area contributed by atoms with Crippen LogP contribution in [-0.2, 0) is 16.1 Å². The van der Waals surface area contributed by atoms with Crippen molar-refractivity contribution in [3.8, 4) is 0 Å². The van der Waals surface area contributed by atoms with Crippen LogP contribution in [0.15, 0.2) is 18.5 Å². The summed E-state index contributed by atoms with van der Waals surface area (Å²) < 4.78 is 0. The first-order valence-electron chi connectivity index (χ1n) is 5.90. The van der Waals surface area contributed by atoms with E-state index < -0.39 is 12.0 Å². The second-order valence-electron chi connectivity index (χ2n) is 4.34. The Morgan fingerprint density at radius 1 is 1.63 bits per heavy atom. The fraction of sp³-hybridized carbons (Fsp3) is 0.417. The molecule has 0 radical (unpaired) electrons. The van der Waals surface area contributed by atoms with Gasteiger partial charge in [-0.2, -0.15) is 0 Å². The van der Waals surface area contributed by atoms with Crippen LogP contribution in [0.2, 0.25) is 5.02 Å². The van der Waals surface area contributed by atoms with E-state index in [1.807, 2.05) is 4.90 Å². The molecule has 7 heteroatoms. The fourth-order valence-corrected chi connectivity index (χ4v) is 2.27. The third-order valence-electron chi connectivity index (χ3n) is 3.04. The van der Waals surface area contributed by atoms with Gasteiger partial charge in [0, 0.05) is 32.0 Å². The number of aromatic nitrogens is 1. The Bertz CT molecular complexity index is 495. The number of piperazine rings is 1. The molecule has 0 saturated carbocycles. The molecule has 1 unspecified atom stereocenters. The number of amides is 1. The van der Waals surface area contributed by atoms with Crippen molar-refractivity contribution < 1.29 is 14.7 Å². The molecule has 1 saturated heterocycles. The smallest absolute Gasteiger partial charge is 0.305 e. The van der Waals surface area contributed by atoms with Crippen molar-refractivity contribution in [3.63, 3.8) is 0 Å². The number of nitrogens with one attached hydrogen (secondary N) is 1. The van der Waals surface area contributed by atoms with Crippen LogP contribution in [0.4, 0.5) is 0 Å². The minimum absolute atomic E-state index is 0.214. The Morgan fingerprint density at radius 3 is 3.11 bits per heavy atom. The number of nitrogens with zero attached hydrogens (tertiary/aromatic N) is 2. The van der Waals surface area contributed by atoms with Crippen LogP contribution in [0.25, 0.3) is 0 Å². The van der Waals surface area contributed by atoms with Crippen molar-refractivity contribution in [1.29, 1.82) is 0 Å². The lowest BCUT2D eigenvalue weighted by Gasteiger charge is -2.34. The minimum atomic E-state index is -0.993. The number of carbonyl (C=O) groups excluding carboxylic acids is 1. The molecule has 0 aromatic carbocycles. The predicted molar refractivity (Wildman–Crippen MR) is 68.7 cm³/mol. The van der Waals surface area contributed by atoms with Crippen molar-refractivity contribution in [1.82, 2.24) is 15.2 Å². The average molecular weight is 284 g/mol. The van der Waals surface area contributed by atoms with Crippen LogP contribution in [0, 0.1) is 0 Å². The zero-order valence-electron chi connectivity index (χ0n) is 10.2. The molecule has 0 bridgehead atoms. The topological polar surface area (TPSA) is 82.5 Å². The maximum atomic E-state index is 11.8. The van der Waals surface area contributed by atoms with E-state index in [4.69, 9.17) is 16.7 Å². The zero-order valence-corrected chi connectivity index (χ0v) is 10.9. The highest BCUT2D eigenvalue weighted by molar-refractivity contribution is 6.31. The van der Waals surface area contributed by atoms with Crippen molar-refractivity contribution in [2.24, 2.45) is 0 Å². The van der Waals surface area contributed by atoms with Gasteiger partial charge in [0.1, 0.15) is 6.04 Å². The van der Waals surface area contributed by atoms with E-state index >= 15 is 0 Å². The largest absolute Gasteiger partial charge is 0.481 e. The van der Waals surface area contributed by atoms with E-state index in [0.29, 0.717) is 24.7 Å². The summed E-state index contributed by atoms with van der Waals surface area (Å²) in [5, 5.41) is 12.1. The van der Waals surface area contributed by atoms with Gasteiger partial charge in [0.25, 0.3) is 0 Å². The molecule has 1 aromatic rings. The van der Waals surface area contributed by atoms with E-state index in [1.54, 1.807) is 12.3 Å². The number of rotatable bonds is 4. The number of pyridine rings is 1. The number of halogens is 1. The molecule has 2 rings (SSSR count). The van der Waals surface area contributed by atoms with Crippen LogP contribution in [-0.4, -0.2) is 46.0 Å². The maximum Gasteiger partial charge on any atom is 0.305 e. The summed E-state index contributed by atoms with van der Waals surface area (Å²) in [7, 11) is 0. The van der Waals surface area contributed by atoms with Gasteiger partial charge in [0.05, 0.1) is 11.4 Å². The lowest BCUT2D eigenvalue weighted by Crippen LogP contribution is -2.55. The molecule has 0 aliphatic carbocycles. The molecule has 1 fully saturated rings. The van der Waals surface area contributed by atoms with E-state index in [9.17, 15) is 9.59 Å². The highest BCUT2D eigenvalue weighted by atomic mass is 35.5. The Morgan fingerprint density at radius 2 is 2.42 bits per heavy atom. The molecule has 2 heterocycles. The van der Waals surface area contributed by atoms with Gasteiger partial charge in [0.2, 0.25) is 5.91 Å². The van der Waals surface area contributed by atoms with Crippen LogP contribution in [0.1, 0.15) is 12.0 Å². The quantitative estimate of drug-likeness (QED) is 0.841. The molecular formula is C12H14ClN3O3. The van der Waals surface area contributed by atoms with Gasteiger partial charge >= 0.3 is 5.97 Å². The van der Waals surface area contributed by atoms with Crippen LogP contribution < -0.4 is 5.32 Å². The Hall–Kier alpha value is -1.66. The third-order valence-corrected chi connectivity index (χ3v) is 3.38. The monoisotopic (exact) mass is 283 g/mol. The van der Waals surface area contributed by atoms with Gasteiger partial charge < -0.3 is 10.4 Å². The lowest BCUT2D eigenvalue weighted by molar-refractivity contribution is -0.143. The molecule has 1 amide bonds. The highest BCUT2D eigenvalue weighted by Crippen LogP contribution is 2.19. The number of carboxylic acids is 1. The van der Waals surface area contributed by atoms with E-state index in [-0.39, 0.29) is 12.3 Å². The Balaban J connectivity index is 2.14. The van der Waals surface area contributed by atoms with Gasteiger partial charge in [-0.1, -0.05) is 11.6 Å². The molecular weight excluding hydrogens is 270 g/mol. The summed E-state index contributed by atoms with van der Waals surface area (Å²) in [6, 6.07) is 1.11. The van der Waals surface area contributed by atoms with E-state index in [1.165, 1.54) is 6.20 Å². The molecule has 1 aliphatic rings. The predicted octanol–water partition coefficient (Wildman–Crippen LogP) is 0.510. The summed E-state index contributed by atoms with van der Waals surface area (Å²) in [4.78, 5) is 28.3. The summed E-state index contributed by atoms with van der Waals surface area (Å²) in [6.45, 7) is 1.55. The summed E-state index contributed by atoms with van der Waals surface area (Å²) in [6.07, 6.45) is 2.94. The summed E-state index contributed by atoms with van der Waals surface area (Å²) >= 11 is 6.03. The second-order valence-corrected chi connectivity index (χ2v) is 4.75. The molecule has 102 valence electrons. The number of carboxylic acid groups (broad SMARTS) is 1. The first kappa shape index (κ1) is 13.8. The summed E-state index contributed by atoms with van der Waals surface area (Å²) in [5.74, 6) is -1.24. The first-order chi connectivity index (χ1) is 9.08. The normalized spacial score (nSPS) is 20.1. The van der Waals surface area contributed by atoms with Crippen molar-refractivity contribution in [2.75, 3.05) is 13.1 Å². The summed E-state index contributed by atoms with van der Waals surface area (Å²) in [5.41, 5.74) is 0.835. The Labute approximate surface area is 115 Å². The van der Waals surface area contributed by atoms with Gasteiger partial charge in [0.15, 0.2) is 0 Å². The average Bonchev–Trinajstić information content (AvgIpc) is 2.36. The van der Waals surface area contributed by atoms with Crippen molar-refractivity contribution in [2.45, 2.75) is 19.0 Å². The molecule has 1 aromatic heterocycles. The minimum Gasteiger partial charge on any atom is -0.481 e. The van der Waals surface area contributed by atoms with E-state index in [2.05, 4.69) is 10.3 Å². The van der Waals surface area contributed by atoms with Crippen LogP contribution >= 0.6 is 11.6 Å². The molecule has 1 atom stereocenters. The highest BCUT2D eigenvalue weighted by Gasteiger charge is 2.31. The van der Waals surface area contributed by atoms with Gasteiger partial charge in [-0.15, -0.1) is 0 Å². The van der Waals surface area contributed by atoms with Gasteiger partial charge in [-0.25, -0.2) is 0 Å². The van der Waals surface area contributed by atoms with Gasteiger partial charge in [-0.3, -0.25) is 19.5 Å². The van der Waals surface area contributed by atoms with Crippen LogP contribution in [0.5, 0.6) is 0 Å². The number of hydrogen-bond acceptors (Lipinski definition) is 4. The molecule has 0 spiro atoms. The SMILES string of the molecule is O=C(O)CC1C(=O)NCCN1Cc1ccncc1Cl. The molecule has 2 N–H and O–H groups in total. The maximum absolute atomic E-state index is 11.8. The van der Waals surface area contributed by atoms with Gasteiger partial charge in [-0.05, 0) is 11.6 Å². The number of hydrogen-bond donors (Lipinski definition) is 2. The standard InChI is InChI=1S/C12H14ClN3O3/c13-9-6-14-2-1-8(9)7-16-4-3-15-12(19)10(16)5-11(17)18/h1-2,6,10H,3-5,7H2,(H,15,19)(H,17,18). The van der Waals surface area contributed by atoms with Crippen molar-refractivity contribution >= 4 is 23.5 Å². The third kappa shape index (κ3) is 3.42. The Kier molecular flexibility index (Phi) is 4.34. The number of carbonyl (C=O) groups is 2. The fourth-order valence-electron chi connectivity index (χ4n) is 2.09. The molecule has 6 nitrogen and oxygen atoms in total. The number of aliphatic carboxylic acids is 1. The van der Waals surface area contributed by atoms with Crippen molar-refractivity contribution in [3.05, 3.63) is 29.0 Å². The first-order valence-corrected chi connectivity index (χ1v) is 6.27. The van der Waals surface area contributed by atoms with Crippen LogP contribution in [0.3, 0.4) is 0 Å². The van der Waals surface area contributed by atoms with E-state index in [0.717, 1.165) is 5.56 Å². The zero-order chi connectivity index (χ0) is 13.8. The lowest BCUT2D eigenvalue weighted by atomic mass is 10.1. The molecule has 1 aliphatic heterocycles. The molecule has 19 heavy (non-hydrogen) atoms. The second kappa shape index (κ2) is 5.99.